The molecule has 0 aliphatic rings. The molecule has 2 heterocycles. The zero-order valence-corrected chi connectivity index (χ0v) is 18.6. The first-order chi connectivity index (χ1) is 18.2. The number of aryl methyl sites for hydroxylation is 2. The van der Waals surface area contributed by atoms with E-state index >= 15 is 0 Å². The maximum Gasteiger partial charge on any atom is 0.229 e. The van der Waals surface area contributed by atoms with Crippen LogP contribution in [0.2, 0.25) is 0 Å². The molecule has 3 heteroatoms. The standard InChI is InChI=1S/C28H31N2O/c1-16-13-17(2)25(27-24(16)21-11-10-12-22(29-8)26(21)31-27)23-14-20(15-28(5,6)7)18(3)19(4)30(23)9/h10-14H,15H2,1-7,9H3/q+1/i1D3,3D3,14D,15D2. The fourth-order valence-corrected chi connectivity index (χ4v) is 3.95. The molecule has 0 bridgehead atoms. The Hall–Kier alpha value is -3.12. The number of aromatic nitrogens is 1. The van der Waals surface area contributed by atoms with Crippen molar-refractivity contribution in [2.75, 3.05) is 0 Å². The van der Waals surface area contributed by atoms with Crippen LogP contribution in [0.5, 0.6) is 0 Å². The van der Waals surface area contributed by atoms with E-state index < -0.39 is 25.5 Å². The molecular formula is C28H31N2O+. The third kappa shape index (κ3) is 3.41. The average Bonchev–Trinajstić information content (AvgIpc) is 3.19. The van der Waals surface area contributed by atoms with Crippen molar-refractivity contribution in [3.8, 4) is 11.3 Å². The summed E-state index contributed by atoms with van der Waals surface area (Å²) in [6.45, 7) is 10.6. The highest BCUT2D eigenvalue weighted by Gasteiger charge is 2.27. The molecule has 0 aliphatic carbocycles. The van der Waals surface area contributed by atoms with Gasteiger partial charge in [-0.15, -0.1) is 0 Å². The summed E-state index contributed by atoms with van der Waals surface area (Å²) >= 11 is 0. The summed E-state index contributed by atoms with van der Waals surface area (Å²) in [6, 6.07) is 6.08. The predicted octanol–water partition coefficient (Wildman–Crippen LogP) is 7.45. The highest BCUT2D eigenvalue weighted by molar-refractivity contribution is 6.14. The van der Waals surface area contributed by atoms with Crippen molar-refractivity contribution >= 4 is 27.6 Å². The SMILES string of the molecule is [2H]c1c(C([2H])([2H])C(C)(C)C)c(C([2H])([2H])[2H])c(C)[n+](C)c1-c1c(C)cc(C([2H])([2H])[2H])c2c1oc1c([N+]#[C-])cccc12. The first-order valence-electron chi connectivity index (χ1n) is 14.6. The highest BCUT2D eigenvalue weighted by Crippen LogP contribution is 2.42. The monoisotopic (exact) mass is 420 g/mol. The molecule has 0 atom stereocenters. The van der Waals surface area contributed by atoms with Gasteiger partial charge in [-0.05, 0) is 49.1 Å². The minimum atomic E-state index is -2.70. The molecule has 0 saturated carbocycles. The lowest BCUT2D eigenvalue weighted by Gasteiger charge is -2.21. The number of furan rings is 1. The third-order valence-electron chi connectivity index (χ3n) is 5.50. The van der Waals surface area contributed by atoms with Gasteiger partial charge in [-0.1, -0.05) is 45.0 Å². The first kappa shape index (κ1) is 12.7. The van der Waals surface area contributed by atoms with Crippen LogP contribution in [0.4, 0.5) is 5.69 Å². The normalized spacial score (nSPS) is 17.5. The summed E-state index contributed by atoms with van der Waals surface area (Å²) in [5.74, 6) is 0. The number of benzene rings is 2. The van der Waals surface area contributed by atoms with E-state index in [2.05, 4.69) is 4.85 Å². The molecule has 0 fully saturated rings. The molecular weight excluding hydrogens is 380 g/mol. The molecule has 0 unspecified atom stereocenters. The topological polar surface area (TPSA) is 21.4 Å². The van der Waals surface area contributed by atoms with Crippen molar-refractivity contribution in [3.05, 3.63) is 69.7 Å². The Bertz CT molecular complexity index is 1730. The van der Waals surface area contributed by atoms with Crippen molar-refractivity contribution < 1.29 is 21.3 Å². The Morgan fingerprint density at radius 3 is 2.61 bits per heavy atom. The van der Waals surface area contributed by atoms with Crippen LogP contribution in [0.3, 0.4) is 0 Å². The first-order valence-corrected chi connectivity index (χ1v) is 10.1. The van der Waals surface area contributed by atoms with E-state index in [1.807, 2.05) is 0 Å². The molecule has 0 spiro atoms. The zero-order chi connectivity index (χ0) is 30.3. The van der Waals surface area contributed by atoms with E-state index in [-0.39, 0.29) is 56.4 Å². The Morgan fingerprint density at radius 2 is 1.97 bits per heavy atom. The lowest BCUT2D eigenvalue weighted by molar-refractivity contribution is -0.667. The Labute approximate surface area is 197 Å². The van der Waals surface area contributed by atoms with Crippen LogP contribution in [0, 0.1) is 39.5 Å². The van der Waals surface area contributed by atoms with E-state index in [1.165, 1.54) is 10.6 Å². The summed E-state index contributed by atoms with van der Waals surface area (Å²) in [4.78, 5) is 3.53. The quantitative estimate of drug-likeness (QED) is 0.244. The van der Waals surface area contributed by atoms with Gasteiger partial charge in [0.25, 0.3) is 0 Å². The number of nitrogens with zero attached hydrogens (tertiary/aromatic N) is 2. The van der Waals surface area contributed by atoms with E-state index in [0.29, 0.717) is 16.5 Å². The smallest absolute Gasteiger partial charge is 0.229 e. The molecule has 158 valence electrons. The molecule has 2 aromatic heterocycles. The number of hydrogen-bond donors (Lipinski definition) is 0. The number of pyridine rings is 1. The lowest BCUT2D eigenvalue weighted by atomic mass is 9.85. The fraction of sp³-hybridized carbons (Fsp3) is 0.357. The Kier molecular flexibility index (Phi) is 2.96. The maximum absolute atomic E-state index is 9.33. The Morgan fingerprint density at radius 1 is 1.19 bits per heavy atom. The van der Waals surface area contributed by atoms with Crippen molar-refractivity contribution in [2.24, 2.45) is 12.5 Å². The number of fused-ring (bicyclic) bond motifs is 3. The van der Waals surface area contributed by atoms with Crippen LogP contribution in [0.1, 0.15) is 61.1 Å². The summed E-state index contributed by atoms with van der Waals surface area (Å²) in [5, 5.41) is 0.713. The minimum Gasteiger partial charge on any atom is -0.466 e. The summed E-state index contributed by atoms with van der Waals surface area (Å²) < 4.78 is 84.6. The highest BCUT2D eigenvalue weighted by atomic mass is 16.3. The summed E-state index contributed by atoms with van der Waals surface area (Å²) in [6.07, 6.45) is -2.22. The van der Waals surface area contributed by atoms with E-state index in [1.54, 1.807) is 59.9 Å². The van der Waals surface area contributed by atoms with Gasteiger partial charge in [-0.3, -0.25) is 0 Å². The molecule has 4 aromatic rings. The second-order valence-corrected chi connectivity index (χ2v) is 8.93. The van der Waals surface area contributed by atoms with E-state index in [9.17, 15) is 1.37 Å². The van der Waals surface area contributed by atoms with E-state index in [0.717, 1.165) is 0 Å². The zero-order valence-electron chi connectivity index (χ0n) is 27.6. The Balaban J connectivity index is 2.33. The second-order valence-electron chi connectivity index (χ2n) is 8.93. The van der Waals surface area contributed by atoms with Gasteiger partial charge in [0.1, 0.15) is 18.2 Å². The van der Waals surface area contributed by atoms with Crippen molar-refractivity contribution in [1.82, 2.24) is 0 Å². The van der Waals surface area contributed by atoms with Gasteiger partial charge >= 0.3 is 0 Å². The van der Waals surface area contributed by atoms with Gasteiger partial charge in [0.05, 0.1) is 13.5 Å². The van der Waals surface area contributed by atoms with Crippen molar-refractivity contribution in [1.29, 1.82) is 0 Å². The van der Waals surface area contributed by atoms with Crippen LogP contribution in [0.25, 0.3) is 38.0 Å². The average molecular weight is 421 g/mol. The van der Waals surface area contributed by atoms with Crippen LogP contribution < -0.4 is 4.57 Å². The molecule has 4 rings (SSSR count). The van der Waals surface area contributed by atoms with Crippen LogP contribution in [0.15, 0.2) is 34.7 Å². The second kappa shape index (κ2) is 7.24. The molecule has 0 N–H and O–H groups in total. The van der Waals surface area contributed by atoms with Gasteiger partial charge in [-0.25, -0.2) is 4.85 Å². The minimum absolute atomic E-state index is 0.0277. The summed E-state index contributed by atoms with van der Waals surface area (Å²) in [5.41, 5.74) is 0.283. The van der Waals surface area contributed by atoms with Gasteiger partial charge in [0.2, 0.25) is 11.4 Å². The van der Waals surface area contributed by atoms with Gasteiger partial charge in [0.15, 0.2) is 5.69 Å². The largest absolute Gasteiger partial charge is 0.466 e. The molecule has 2 aromatic carbocycles. The third-order valence-corrected chi connectivity index (χ3v) is 5.50. The molecule has 0 amide bonds. The molecule has 0 saturated heterocycles. The van der Waals surface area contributed by atoms with Gasteiger partial charge < -0.3 is 4.42 Å². The number of rotatable bonds is 2. The number of para-hydroxylation sites is 1. The molecule has 0 aliphatic heterocycles. The fourth-order valence-electron chi connectivity index (χ4n) is 3.95. The lowest BCUT2D eigenvalue weighted by Crippen LogP contribution is -2.36. The molecule has 3 nitrogen and oxygen atoms in total. The predicted molar refractivity (Wildman–Crippen MR) is 129 cm³/mol. The summed E-state index contributed by atoms with van der Waals surface area (Å²) in [7, 11) is 1.60. The van der Waals surface area contributed by atoms with Gasteiger partial charge in [-0.2, -0.15) is 4.57 Å². The number of hydrogen-bond acceptors (Lipinski definition) is 1. The van der Waals surface area contributed by atoms with Crippen LogP contribution in [-0.2, 0) is 13.4 Å². The van der Waals surface area contributed by atoms with Crippen molar-refractivity contribution in [2.45, 2.75) is 54.7 Å². The molecule has 31 heavy (non-hydrogen) atoms. The maximum atomic E-state index is 9.33. The molecule has 0 radical (unpaired) electrons. The van der Waals surface area contributed by atoms with Crippen molar-refractivity contribution in [3.63, 3.8) is 0 Å². The van der Waals surface area contributed by atoms with Crippen LogP contribution >= 0.6 is 0 Å². The van der Waals surface area contributed by atoms with E-state index in [4.69, 9.17) is 22.0 Å². The van der Waals surface area contributed by atoms with Gasteiger partial charge in [0, 0.05) is 40.3 Å². The van der Waals surface area contributed by atoms with Crippen LogP contribution in [-0.4, -0.2) is 0 Å².